The lowest BCUT2D eigenvalue weighted by Gasteiger charge is -2.32. The molecule has 0 bridgehead atoms. The number of carbonyl (C=O) groups is 4. The third kappa shape index (κ3) is 4.68. The average molecular weight is 349 g/mol. The second kappa shape index (κ2) is 7.18. The summed E-state index contributed by atoms with van der Waals surface area (Å²) in [6.07, 6.45) is -3.75. The fourth-order valence-electron chi connectivity index (χ4n) is 2.76. The lowest BCUT2D eigenvalue weighted by molar-refractivity contribution is -0.147. The van der Waals surface area contributed by atoms with E-state index >= 15 is 0 Å². The minimum absolute atomic E-state index is 0.105. The summed E-state index contributed by atoms with van der Waals surface area (Å²) in [5.41, 5.74) is 0. The van der Waals surface area contributed by atoms with Crippen molar-refractivity contribution >= 4 is 23.6 Å². The van der Waals surface area contributed by atoms with Crippen molar-refractivity contribution in [3.8, 4) is 0 Å². The number of hydrogen-bond acceptors (Lipinski definition) is 4. The predicted octanol–water partition coefficient (Wildman–Crippen LogP) is 0.0525. The van der Waals surface area contributed by atoms with Crippen LogP contribution in [0.4, 0.5) is 13.2 Å². The van der Waals surface area contributed by atoms with E-state index in [0.717, 1.165) is 4.90 Å². The van der Waals surface area contributed by atoms with Gasteiger partial charge in [-0.1, -0.05) is 0 Å². The summed E-state index contributed by atoms with van der Waals surface area (Å²) >= 11 is 0. The zero-order chi connectivity index (χ0) is 17.9. The molecular weight excluding hydrogens is 331 g/mol. The third-order valence-corrected chi connectivity index (χ3v) is 4.13. The SMILES string of the molecule is O=C(NCC(F)(F)F)C1CCN(C(=O)CN2C(=O)CCC2=O)CC1. The molecule has 0 aromatic rings. The Hall–Kier alpha value is -2.13. The fraction of sp³-hybridized carbons (Fsp3) is 0.714. The van der Waals surface area contributed by atoms with E-state index in [2.05, 4.69) is 0 Å². The monoisotopic (exact) mass is 349 g/mol. The number of imide groups is 1. The Morgan fingerprint density at radius 1 is 1.08 bits per heavy atom. The van der Waals surface area contributed by atoms with E-state index in [9.17, 15) is 32.3 Å². The van der Waals surface area contributed by atoms with Crippen LogP contribution in [-0.2, 0) is 19.2 Å². The van der Waals surface area contributed by atoms with Crippen LogP contribution >= 0.6 is 0 Å². The van der Waals surface area contributed by atoms with E-state index in [-0.39, 0.29) is 57.1 Å². The van der Waals surface area contributed by atoms with Gasteiger partial charge in [0.1, 0.15) is 13.1 Å². The molecule has 2 rings (SSSR count). The quantitative estimate of drug-likeness (QED) is 0.727. The van der Waals surface area contributed by atoms with Gasteiger partial charge in [-0.05, 0) is 12.8 Å². The first-order valence-corrected chi connectivity index (χ1v) is 7.63. The average Bonchev–Trinajstić information content (AvgIpc) is 2.84. The number of nitrogens with one attached hydrogen (secondary N) is 1. The summed E-state index contributed by atoms with van der Waals surface area (Å²) in [7, 11) is 0. The first kappa shape index (κ1) is 18.2. The zero-order valence-corrected chi connectivity index (χ0v) is 12.9. The minimum atomic E-state index is -4.46. The number of carbonyl (C=O) groups excluding carboxylic acids is 4. The summed E-state index contributed by atoms with van der Waals surface area (Å²) in [6, 6.07) is 0. The van der Waals surface area contributed by atoms with Gasteiger partial charge in [0.25, 0.3) is 0 Å². The third-order valence-electron chi connectivity index (χ3n) is 4.13. The van der Waals surface area contributed by atoms with E-state index in [1.807, 2.05) is 5.32 Å². The normalized spacial score (nSPS) is 19.8. The van der Waals surface area contributed by atoms with E-state index < -0.39 is 30.5 Å². The van der Waals surface area contributed by atoms with Crippen LogP contribution in [0.2, 0.25) is 0 Å². The van der Waals surface area contributed by atoms with Crippen molar-refractivity contribution < 1.29 is 32.3 Å². The highest BCUT2D eigenvalue weighted by Crippen LogP contribution is 2.20. The first-order chi connectivity index (χ1) is 11.2. The maximum atomic E-state index is 12.1. The zero-order valence-electron chi connectivity index (χ0n) is 12.9. The van der Waals surface area contributed by atoms with Gasteiger partial charge in [-0.15, -0.1) is 0 Å². The van der Waals surface area contributed by atoms with Crippen molar-refractivity contribution in [2.75, 3.05) is 26.2 Å². The van der Waals surface area contributed by atoms with Gasteiger partial charge in [0.2, 0.25) is 23.6 Å². The van der Waals surface area contributed by atoms with Crippen LogP contribution in [0.1, 0.15) is 25.7 Å². The van der Waals surface area contributed by atoms with Gasteiger partial charge in [0, 0.05) is 31.8 Å². The van der Waals surface area contributed by atoms with Gasteiger partial charge in [-0.2, -0.15) is 13.2 Å². The standard InChI is InChI=1S/C14H18F3N3O4/c15-14(16,17)8-18-13(24)9-3-5-19(6-4-9)12(23)7-20-10(21)1-2-11(20)22/h9H,1-8H2,(H,18,24). The second-order valence-corrected chi connectivity index (χ2v) is 5.86. The number of piperidine rings is 1. The molecule has 24 heavy (non-hydrogen) atoms. The van der Waals surface area contributed by atoms with Gasteiger partial charge in [-0.25, -0.2) is 0 Å². The molecule has 0 atom stereocenters. The molecule has 0 aliphatic carbocycles. The van der Waals surface area contributed by atoms with E-state index in [1.54, 1.807) is 0 Å². The molecule has 2 aliphatic rings. The summed E-state index contributed by atoms with van der Waals surface area (Å²) in [5.74, 6) is -2.41. The van der Waals surface area contributed by atoms with Gasteiger partial charge in [0.15, 0.2) is 0 Å². The van der Waals surface area contributed by atoms with Crippen molar-refractivity contribution in [2.24, 2.45) is 5.92 Å². The van der Waals surface area contributed by atoms with Crippen molar-refractivity contribution in [3.05, 3.63) is 0 Å². The largest absolute Gasteiger partial charge is 0.405 e. The highest BCUT2D eigenvalue weighted by atomic mass is 19.4. The van der Waals surface area contributed by atoms with Crippen LogP contribution in [-0.4, -0.2) is 65.8 Å². The van der Waals surface area contributed by atoms with Crippen LogP contribution < -0.4 is 5.32 Å². The van der Waals surface area contributed by atoms with Crippen LogP contribution in [0, 0.1) is 5.92 Å². The first-order valence-electron chi connectivity index (χ1n) is 7.63. The number of likely N-dealkylation sites (tertiary alicyclic amines) is 2. The smallest absolute Gasteiger partial charge is 0.347 e. The Balaban J connectivity index is 1.77. The number of halogens is 3. The molecule has 0 unspecified atom stereocenters. The topological polar surface area (TPSA) is 86.8 Å². The Labute approximate surface area is 136 Å². The number of hydrogen-bond donors (Lipinski definition) is 1. The van der Waals surface area contributed by atoms with Crippen molar-refractivity contribution in [1.29, 1.82) is 0 Å². The van der Waals surface area contributed by atoms with Gasteiger partial charge < -0.3 is 10.2 Å². The summed E-state index contributed by atoms with van der Waals surface area (Å²) < 4.78 is 36.2. The lowest BCUT2D eigenvalue weighted by Crippen LogP contribution is -2.48. The summed E-state index contributed by atoms with van der Waals surface area (Å²) in [4.78, 5) is 49.1. The number of amides is 4. The number of alkyl halides is 3. The summed E-state index contributed by atoms with van der Waals surface area (Å²) in [6.45, 7) is -1.27. The Morgan fingerprint density at radius 3 is 2.12 bits per heavy atom. The molecule has 2 heterocycles. The molecule has 0 radical (unpaired) electrons. The molecule has 134 valence electrons. The number of nitrogens with zero attached hydrogens (tertiary/aromatic N) is 2. The van der Waals surface area contributed by atoms with Crippen LogP contribution in [0.15, 0.2) is 0 Å². The van der Waals surface area contributed by atoms with E-state index in [4.69, 9.17) is 0 Å². The van der Waals surface area contributed by atoms with Crippen LogP contribution in [0.3, 0.4) is 0 Å². The highest BCUT2D eigenvalue weighted by molar-refractivity contribution is 6.04. The molecule has 10 heteroatoms. The molecule has 2 saturated heterocycles. The van der Waals surface area contributed by atoms with Crippen LogP contribution in [0.5, 0.6) is 0 Å². The minimum Gasteiger partial charge on any atom is -0.347 e. The highest BCUT2D eigenvalue weighted by Gasteiger charge is 2.34. The molecular formula is C14H18F3N3O4. The molecule has 2 fully saturated rings. The Bertz CT molecular complexity index is 526. The van der Waals surface area contributed by atoms with Crippen molar-refractivity contribution in [3.63, 3.8) is 0 Å². The second-order valence-electron chi connectivity index (χ2n) is 5.86. The van der Waals surface area contributed by atoms with Gasteiger partial charge in [0.05, 0.1) is 0 Å². The lowest BCUT2D eigenvalue weighted by atomic mass is 9.96. The maximum Gasteiger partial charge on any atom is 0.405 e. The van der Waals surface area contributed by atoms with E-state index in [1.165, 1.54) is 4.90 Å². The predicted molar refractivity (Wildman–Crippen MR) is 74.3 cm³/mol. The van der Waals surface area contributed by atoms with Crippen LogP contribution in [0.25, 0.3) is 0 Å². The molecule has 4 amide bonds. The molecule has 0 spiro atoms. The van der Waals surface area contributed by atoms with E-state index in [0.29, 0.717) is 0 Å². The van der Waals surface area contributed by atoms with Crippen molar-refractivity contribution in [2.45, 2.75) is 31.9 Å². The molecule has 0 saturated carbocycles. The molecule has 1 N–H and O–H groups in total. The Morgan fingerprint density at radius 2 is 1.62 bits per heavy atom. The Kier molecular flexibility index (Phi) is 5.45. The van der Waals surface area contributed by atoms with Crippen molar-refractivity contribution in [1.82, 2.24) is 15.1 Å². The van der Waals surface area contributed by atoms with Gasteiger partial charge >= 0.3 is 6.18 Å². The summed E-state index contributed by atoms with van der Waals surface area (Å²) in [5, 5.41) is 1.84. The molecule has 0 aromatic carbocycles. The molecule has 0 aromatic heterocycles. The fourth-order valence-corrected chi connectivity index (χ4v) is 2.76. The molecule has 7 nitrogen and oxygen atoms in total. The number of rotatable bonds is 4. The van der Waals surface area contributed by atoms with Gasteiger partial charge in [-0.3, -0.25) is 24.1 Å². The maximum absolute atomic E-state index is 12.1. The molecule has 2 aliphatic heterocycles.